The number of piperazine rings is 1. The van der Waals surface area contributed by atoms with Crippen molar-refractivity contribution in [2.75, 3.05) is 26.2 Å². The van der Waals surface area contributed by atoms with Gasteiger partial charge in [0.2, 0.25) is 0 Å². The second kappa shape index (κ2) is 8.31. The van der Waals surface area contributed by atoms with Crippen LogP contribution >= 0.6 is 0 Å². The maximum absolute atomic E-state index is 11.9. The van der Waals surface area contributed by atoms with Crippen molar-refractivity contribution < 1.29 is 9.53 Å². The van der Waals surface area contributed by atoms with E-state index in [0.717, 1.165) is 45.6 Å². The number of ether oxygens (including phenoxy) is 1. The molecule has 1 aromatic rings. The van der Waals surface area contributed by atoms with E-state index in [1.807, 2.05) is 24.3 Å². The summed E-state index contributed by atoms with van der Waals surface area (Å²) in [6.45, 7) is 5.24. The zero-order valence-corrected chi connectivity index (χ0v) is 13.7. The SMILES string of the molecule is O=C(NC1CCCCC1)Oc1ccc(CN2CCNCC2)cc1. The van der Waals surface area contributed by atoms with E-state index in [0.29, 0.717) is 5.75 Å². The molecule has 0 atom stereocenters. The van der Waals surface area contributed by atoms with Gasteiger partial charge in [-0.15, -0.1) is 0 Å². The number of amides is 1. The monoisotopic (exact) mass is 317 g/mol. The Morgan fingerprint density at radius 2 is 1.83 bits per heavy atom. The Hall–Kier alpha value is -1.59. The number of hydrogen-bond donors (Lipinski definition) is 2. The van der Waals surface area contributed by atoms with E-state index in [1.165, 1.54) is 24.8 Å². The smallest absolute Gasteiger partial charge is 0.410 e. The Kier molecular flexibility index (Phi) is 5.88. The summed E-state index contributed by atoms with van der Waals surface area (Å²) in [6, 6.07) is 8.15. The molecule has 0 aromatic heterocycles. The summed E-state index contributed by atoms with van der Waals surface area (Å²) >= 11 is 0. The van der Waals surface area contributed by atoms with Gasteiger partial charge in [0.15, 0.2) is 0 Å². The van der Waals surface area contributed by atoms with Gasteiger partial charge in [-0.05, 0) is 30.5 Å². The largest absolute Gasteiger partial charge is 0.412 e. The summed E-state index contributed by atoms with van der Waals surface area (Å²) in [5.41, 5.74) is 1.26. The molecule has 0 bridgehead atoms. The van der Waals surface area contributed by atoms with Crippen LogP contribution in [0.25, 0.3) is 0 Å². The van der Waals surface area contributed by atoms with Crippen LogP contribution in [0, 0.1) is 0 Å². The molecule has 23 heavy (non-hydrogen) atoms. The second-order valence-electron chi connectivity index (χ2n) is 6.54. The number of benzene rings is 1. The predicted molar refractivity (Wildman–Crippen MR) is 90.6 cm³/mol. The topological polar surface area (TPSA) is 53.6 Å². The lowest BCUT2D eigenvalue weighted by molar-refractivity contribution is 0.192. The molecule has 0 spiro atoms. The molecular weight excluding hydrogens is 290 g/mol. The highest BCUT2D eigenvalue weighted by molar-refractivity contribution is 5.70. The number of nitrogens with one attached hydrogen (secondary N) is 2. The van der Waals surface area contributed by atoms with Crippen LogP contribution in [0.1, 0.15) is 37.7 Å². The van der Waals surface area contributed by atoms with Gasteiger partial charge in [0.1, 0.15) is 5.75 Å². The summed E-state index contributed by atoms with van der Waals surface area (Å²) < 4.78 is 5.39. The standard InChI is InChI=1S/C18H27N3O2/c22-18(20-16-4-2-1-3-5-16)23-17-8-6-15(7-9-17)14-21-12-10-19-11-13-21/h6-9,16,19H,1-5,10-14H2,(H,20,22). The van der Waals surface area contributed by atoms with Crippen molar-refractivity contribution in [1.82, 2.24) is 15.5 Å². The summed E-state index contributed by atoms with van der Waals surface area (Å²) in [6.07, 6.45) is 5.49. The molecule has 1 amide bonds. The fourth-order valence-corrected chi connectivity index (χ4v) is 3.34. The van der Waals surface area contributed by atoms with Crippen LogP contribution in [0.2, 0.25) is 0 Å². The van der Waals surface area contributed by atoms with Gasteiger partial charge in [0.05, 0.1) is 0 Å². The average Bonchev–Trinajstić information content (AvgIpc) is 2.58. The molecule has 5 nitrogen and oxygen atoms in total. The number of nitrogens with zero attached hydrogens (tertiary/aromatic N) is 1. The highest BCUT2D eigenvalue weighted by atomic mass is 16.6. The highest BCUT2D eigenvalue weighted by Gasteiger charge is 2.16. The third kappa shape index (κ3) is 5.22. The van der Waals surface area contributed by atoms with Crippen LogP contribution in [0.3, 0.4) is 0 Å². The molecule has 1 aliphatic heterocycles. The van der Waals surface area contributed by atoms with E-state index < -0.39 is 0 Å². The summed E-state index contributed by atoms with van der Waals surface area (Å²) in [7, 11) is 0. The molecule has 2 N–H and O–H groups in total. The Morgan fingerprint density at radius 3 is 2.52 bits per heavy atom. The number of hydrogen-bond acceptors (Lipinski definition) is 4. The molecule has 1 heterocycles. The van der Waals surface area contributed by atoms with Gasteiger partial charge in [-0.1, -0.05) is 31.4 Å². The minimum Gasteiger partial charge on any atom is -0.410 e. The zero-order valence-electron chi connectivity index (χ0n) is 13.7. The fraction of sp³-hybridized carbons (Fsp3) is 0.611. The van der Waals surface area contributed by atoms with Gasteiger partial charge < -0.3 is 15.4 Å². The number of carbonyl (C=O) groups excluding carboxylic acids is 1. The minimum atomic E-state index is -0.327. The molecular formula is C18H27N3O2. The Balaban J connectivity index is 1.45. The molecule has 1 aliphatic carbocycles. The fourth-order valence-electron chi connectivity index (χ4n) is 3.34. The second-order valence-corrected chi connectivity index (χ2v) is 6.54. The van der Waals surface area contributed by atoms with E-state index in [1.54, 1.807) is 0 Å². The van der Waals surface area contributed by atoms with Gasteiger partial charge in [-0.2, -0.15) is 0 Å². The summed E-state index contributed by atoms with van der Waals surface area (Å²) in [5, 5.41) is 6.33. The van der Waals surface area contributed by atoms with Gasteiger partial charge in [-0.3, -0.25) is 4.90 Å². The van der Waals surface area contributed by atoms with Crippen molar-refractivity contribution in [3.05, 3.63) is 29.8 Å². The van der Waals surface area contributed by atoms with E-state index in [2.05, 4.69) is 15.5 Å². The van der Waals surface area contributed by atoms with Crippen LogP contribution in [0.15, 0.2) is 24.3 Å². The summed E-state index contributed by atoms with van der Waals surface area (Å²) in [5.74, 6) is 0.613. The maximum Gasteiger partial charge on any atom is 0.412 e. The lowest BCUT2D eigenvalue weighted by atomic mass is 9.96. The normalized spacial score (nSPS) is 20.2. The Bertz CT molecular complexity index is 491. The predicted octanol–water partition coefficient (Wildman–Crippen LogP) is 2.51. The lowest BCUT2D eigenvalue weighted by Crippen LogP contribution is -2.42. The Morgan fingerprint density at radius 1 is 1.13 bits per heavy atom. The lowest BCUT2D eigenvalue weighted by Gasteiger charge is -2.27. The van der Waals surface area contributed by atoms with E-state index in [9.17, 15) is 4.79 Å². The molecule has 1 saturated heterocycles. The van der Waals surface area contributed by atoms with Crippen LogP contribution in [0.4, 0.5) is 4.79 Å². The van der Waals surface area contributed by atoms with Gasteiger partial charge >= 0.3 is 6.09 Å². The van der Waals surface area contributed by atoms with Crippen LogP contribution in [-0.4, -0.2) is 43.2 Å². The third-order valence-corrected chi connectivity index (χ3v) is 4.68. The first-order chi connectivity index (χ1) is 11.3. The highest BCUT2D eigenvalue weighted by Crippen LogP contribution is 2.18. The number of carbonyl (C=O) groups is 1. The van der Waals surface area contributed by atoms with Crippen molar-refractivity contribution in [3.63, 3.8) is 0 Å². The molecule has 126 valence electrons. The van der Waals surface area contributed by atoms with E-state index in [-0.39, 0.29) is 12.1 Å². The van der Waals surface area contributed by atoms with Crippen molar-refractivity contribution in [2.45, 2.75) is 44.7 Å². The summed E-state index contributed by atoms with van der Waals surface area (Å²) in [4.78, 5) is 14.4. The molecule has 0 unspecified atom stereocenters. The van der Waals surface area contributed by atoms with Gasteiger partial charge in [0.25, 0.3) is 0 Å². The van der Waals surface area contributed by atoms with Crippen molar-refractivity contribution in [3.8, 4) is 5.75 Å². The third-order valence-electron chi connectivity index (χ3n) is 4.68. The molecule has 1 saturated carbocycles. The van der Waals surface area contributed by atoms with Gasteiger partial charge in [-0.25, -0.2) is 4.79 Å². The quantitative estimate of drug-likeness (QED) is 0.896. The first-order valence-corrected chi connectivity index (χ1v) is 8.80. The molecule has 5 heteroatoms. The van der Waals surface area contributed by atoms with E-state index in [4.69, 9.17) is 4.74 Å². The molecule has 1 aromatic carbocycles. The molecule has 0 radical (unpaired) electrons. The molecule has 2 aliphatic rings. The van der Waals surface area contributed by atoms with Crippen molar-refractivity contribution >= 4 is 6.09 Å². The van der Waals surface area contributed by atoms with Crippen LogP contribution in [-0.2, 0) is 6.54 Å². The van der Waals surface area contributed by atoms with Crippen molar-refractivity contribution in [1.29, 1.82) is 0 Å². The molecule has 2 fully saturated rings. The number of rotatable bonds is 4. The molecule has 3 rings (SSSR count). The van der Waals surface area contributed by atoms with Crippen molar-refractivity contribution in [2.24, 2.45) is 0 Å². The van der Waals surface area contributed by atoms with Crippen LogP contribution in [0.5, 0.6) is 5.75 Å². The zero-order chi connectivity index (χ0) is 15.9. The minimum absolute atomic E-state index is 0.281. The first-order valence-electron chi connectivity index (χ1n) is 8.80. The van der Waals surface area contributed by atoms with E-state index >= 15 is 0 Å². The van der Waals surface area contributed by atoms with Crippen LogP contribution < -0.4 is 15.4 Å². The Labute approximate surface area is 138 Å². The average molecular weight is 317 g/mol. The maximum atomic E-state index is 11.9. The first kappa shape index (κ1) is 16.3. The van der Waals surface area contributed by atoms with Gasteiger partial charge in [0, 0.05) is 38.8 Å².